The highest BCUT2D eigenvalue weighted by atomic mass is 28.3. The largest absolute Gasteiger partial charge is 0.256 e. The molecule has 0 N–H and O–H groups in total. The van der Waals surface area contributed by atoms with Crippen molar-refractivity contribution in [1.82, 2.24) is 24.9 Å². The van der Waals surface area contributed by atoms with Gasteiger partial charge >= 0.3 is 0 Å². The SMILES string of the molecule is C[Si](C)(C)c1ccc(-c2cccc(-c3cccc(-c4cccc(-c5nc(-c6ccccc6)nc(-c6ccc7cccnc7c6)n5)c4)c3)c2)nc1. The fourth-order valence-corrected chi connectivity index (χ4v) is 7.17. The lowest BCUT2D eigenvalue weighted by molar-refractivity contribution is 1.07. The van der Waals surface area contributed by atoms with E-state index in [1.807, 2.05) is 54.7 Å². The molecule has 240 valence electrons. The van der Waals surface area contributed by atoms with Crippen LogP contribution in [0.5, 0.6) is 0 Å². The number of aromatic nitrogens is 5. The number of hydrogen-bond acceptors (Lipinski definition) is 5. The lowest BCUT2D eigenvalue weighted by atomic mass is 9.96. The predicted octanol–water partition coefficient (Wildman–Crippen LogP) is 10.4. The summed E-state index contributed by atoms with van der Waals surface area (Å²) in [5.41, 5.74) is 10.2. The minimum Gasteiger partial charge on any atom is -0.256 e. The van der Waals surface area contributed by atoms with Crippen LogP contribution in [0, 0.1) is 0 Å². The molecule has 8 aromatic rings. The maximum atomic E-state index is 5.01. The Morgan fingerprint density at radius 1 is 0.400 bits per heavy atom. The minimum absolute atomic E-state index is 0.610. The lowest BCUT2D eigenvalue weighted by Crippen LogP contribution is -2.37. The molecule has 3 heterocycles. The summed E-state index contributed by atoms with van der Waals surface area (Å²) in [6, 6.07) is 50.4. The van der Waals surface area contributed by atoms with Crippen LogP contribution >= 0.6 is 0 Å². The zero-order valence-corrected chi connectivity index (χ0v) is 29.2. The van der Waals surface area contributed by atoms with Crippen molar-refractivity contribution in [2.45, 2.75) is 19.6 Å². The van der Waals surface area contributed by atoms with Crippen molar-refractivity contribution in [2.75, 3.05) is 0 Å². The Labute approximate surface area is 293 Å². The summed E-state index contributed by atoms with van der Waals surface area (Å²) in [6.07, 6.45) is 3.86. The Morgan fingerprint density at radius 2 is 0.940 bits per heavy atom. The lowest BCUT2D eigenvalue weighted by Gasteiger charge is -2.16. The van der Waals surface area contributed by atoms with Gasteiger partial charge in [-0.2, -0.15) is 0 Å². The summed E-state index contributed by atoms with van der Waals surface area (Å²) in [4.78, 5) is 24.3. The molecular formula is C44H35N5Si. The minimum atomic E-state index is -1.41. The normalized spacial score (nSPS) is 11.5. The molecule has 0 radical (unpaired) electrons. The molecule has 0 aliphatic rings. The van der Waals surface area contributed by atoms with Gasteiger partial charge in [-0.1, -0.05) is 129 Å². The third-order valence-electron chi connectivity index (χ3n) is 8.97. The van der Waals surface area contributed by atoms with E-state index in [2.05, 4.69) is 128 Å². The Balaban J connectivity index is 1.15. The van der Waals surface area contributed by atoms with Gasteiger partial charge in [0, 0.05) is 40.0 Å². The molecule has 0 spiro atoms. The molecule has 6 heteroatoms. The van der Waals surface area contributed by atoms with Gasteiger partial charge in [0.15, 0.2) is 17.5 Å². The first-order valence-corrected chi connectivity index (χ1v) is 20.3. The van der Waals surface area contributed by atoms with E-state index in [-0.39, 0.29) is 0 Å². The van der Waals surface area contributed by atoms with Gasteiger partial charge in [-0.05, 0) is 63.8 Å². The zero-order valence-electron chi connectivity index (χ0n) is 28.2. The second kappa shape index (κ2) is 13.1. The monoisotopic (exact) mass is 661 g/mol. The summed E-state index contributed by atoms with van der Waals surface area (Å²) in [6.45, 7) is 7.04. The van der Waals surface area contributed by atoms with E-state index in [0.717, 1.165) is 61.1 Å². The Bertz CT molecular complexity index is 2470. The van der Waals surface area contributed by atoms with E-state index < -0.39 is 8.07 Å². The van der Waals surface area contributed by atoms with E-state index in [0.29, 0.717) is 17.5 Å². The summed E-state index contributed by atoms with van der Waals surface area (Å²) in [7, 11) is -1.41. The fourth-order valence-electron chi connectivity index (χ4n) is 6.14. The van der Waals surface area contributed by atoms with Crippen LogP contribution in [0.2, 0.25) is 19.6 Å². The van der Waals surface area contributed by atoms with Crippen LogP contribution in [0.4, 0.5) is 0 Å². The number of hydrogen-bond donors (Lipinski definition) is 0. The molecule has 0 saturated heterocycles. The van der Waals surface area contributed by atoms with Crippen LogP contribution in [0.3, 0.4) is 0 Å². The number of nitrogens with zero attached hydrogens (tertiary/aromatic N) is 5. The first kappa shape index (κ1) is 31.2. The molecule has 5 nitrogen and oxygen atoms in total. The standard InChI is InChI=1S/C44H35N5Si/c1-50(2,3)39-22-23-40(46-29-39)36-17-8-15-34(26-36)32-13-7-14-33(25-32)35-16-9-18-37(27-35)43-47-42(31-11-5-4-6-12-31)48-44(49-43)38-21-20-30-19-10-24-45-41(30)28-38/h4-29H,1-3H3. The molecular weight excluding hydrogens is 627 g/mol. The van der Waals surface area contributed by atoms with Crippen LogP contribution in [0.1, 0.15) is 0 Å². The van der Waals surface area contributed by atoms with Crippen LogP contribution < -0.4 is 5.19 Å². The number of pyridine rings is 2. The number of rotatable bonds is 7. The van der Waals surface area contributed by atoms with E-state index in [1.54, 1.807) is 0 Å². The van der Waals surface area contributed by atoms with E-state index >= 15 is 0 Å². The second-order valence-electron chi connectivity index (χ2n) is 13.5. The van der Waals surface area contributed by atoms with Crippen LogP contribution in [0.15, 0.2) is 158 Å². The van der Waals surface area contributed by atoms with Crippen molar-refractivity contribution in [2.24, 2.45) is 0 Å². The molecule has 0 saturated carbocycles. The average Bonchev–Trinajstić information content (AvgIpc) is 3.18. The van der Waals surface area contributed by atoms with Gasteiger partial charge in [0.05, 0.1) is 19.3 Å². The quantitative estimate of drug-likeness (QED) is 0.159. The van der Waals surface area contributed by atoms with Crippen molar-refractivity contribution < 1.29 is 0 Å². The smallest absolute Gasteiger partial charge is 0.164 e. The third-order valence-corrected chi connectivity index (χ3v) is 11.0. The number of fused-ring (bicyclic) bond motifs is 1. The van der Waals surface area contributed by atoms with E-state index in [4.69, 9.17) is 19.9 Å². The van der Waals surface area contributed by atoms with Gasteiger partial charge in [0.2, 0.25) is 0 Å². The third kappa shape index (κ3) is 6.49. The molecule has 0 fully saturated rings. The Hall–Kier alpha value is -6.11. The van der Waals surface area contributed by atoms with Crippen LogP contribution in [0.25, 0.3) is 78.6 Å². The fraction of sp³-hybridized carbons (Fsp3) is 0.0682. The molecule has 0 bridgehead atoms. The van der Waals surface area contributed by atoms with Gasteiger partial charge in [-0.25, -0.2) is 15.0 Å². The van der Waals surface area contributed by atoms with Gasteiger partial charge in [0.25, 0.3) is 0 Å². The first-order valence-electron chi connectivity index (χ1n) is 16.8. The van der Waals surface area contributed by atoms with Gasteiger partial charge in [-0.15, -0.1) is 0 Å². The van der Waals surface area contributed by atoms with Gasteiger partial charge < -0.3 is 0 Å². The van der Waals surface area contributed by atoms with Crippen molar-refractivity contribution in [1.29, 1.82) is 0 Å². The Kier molecular flexibility index (Phi) is 8.15. The predicted molar refractivity (Wildman–Crippen MR) is 209 cm³/mol. The maximum Gasteiger partial charge on any atom is 0.164 e. The van der Waals surface area contributed by atoms with Gasteiger partial charge in [-0.3, -0.25) is 9.97 Å². The molecule has 3 aromatic heterocycles. The van der Waals surface area contributed by atoms with E-state index in [1.165, 1.54) is 5.19 Å². The maximum absolute atomic E-state index is 5.01. The van der Waals surface area contributed by atoms with Crippen LogP contribution in [-0.2, 0) is 0 Å². The molecule has 50 heavy (non-hydrogen) atoms. The first-order chi connectivity index (χ1) is 24.4. The van der Waals surface area contributed by atoms with Crippen molar-refractivity contribution in [3.8, 4) is 67.7 Å². The highest BCUT2D eigenvalue weighted by Gasteiger charge is 2.17. The summed E-state index contributed by atoms with van der Waals surface area (Å²) in [5, 5.41) is 2.44. The van der Waals surface area contributed by atoms with Crippen LogP contribution in [-0.4, -0.2) is 33.0 Å². The molecule has 0 atom stereocenters. The topological polar surface area (TPSA) is 64.5 Å². The summed E-state index contributed by atoms with van der Waals surface area (Å²) in [5.74, 6) is 1.86. The van der Waals surface area contributed by atoms with Crippen molar-refractivity contribution in [3.63, 3.8) is 0 Å². The molecule has 0 aliphatic heterocycles. The van der Waals surface area contributed by atoms with E-state index in [9.17, 15) is 0 Å². The molecule has 8 rings (SSSR count). The summed E-state index contributed by atoms with van der Waals surface area (Å²) >= 11 is 0. The summed E-state index contributed by atoms with van der Waals surface area (Å²) < 4.78 is 0. The van der Waals surface area contributed by atoms with Crippen molar-refractivity contribution >= 4 is 24.2 Å². The average molecular weight is 662 g/mol. The zero-order chi connectivity index (χ0) is 34.1. The number of benzene rings is 5. The molecule has 0 amide bonds. The second-order valence-corrected chi connectivity index (χ2v) is 18.6. The van der Waals surface area contributed by atoms with Crippen molar-refractivity contribution in [3.05, 3.63) is 158 Å². The highest BCUT2D eigenvalue weighted by molar-refractivity contribution is 6.88. The molecule has 0 aliphatic carbocycles. The Morgan fingerprint density at radius 3 is 1.56 bits per heavy atom. The molecule has 0 unspecified atom stereocenters. The van der Waals surface area contributed by atoms with Gasteiger partial charge in [0.1, 0.15) is 0 Å². The molecule has 5 aromatic carbocycles. The highest BCUT2D eigenvalue weighted by Crippen LogP contribution is 2.32.